The number of aryl methyl sites for hydroxylation is 1. The molecule has 0 fully saturated rings. The summed E-state index contributed by atoms with van der Waals surface area (Å²) in [5.41, 5.74) is 1.07. The van der Waals surface area contributed by atoms with Gasteiger partial charge in [0, 0.05) is 23.7 Å². The van der Waals surface area contributed by atoms with E-state index in [2.05, 4.69) is 10.3 Å². The zero-order chi connectivity index (χ0) is 19.6. The summed E-state index contributed by atoms with van der Waals surface area (Å²) in [5.74, 6) is -0.351. The SMILES string of the molecule is Cc1cc2nc(COC(=O)c3cccc(NC(=O)C(C)C)c3)cc(=O)n2o1. The van der Waals surface area contributed by atoms with Gasteiger partial charge in [0.1, 0.15) is 12.4 Å². The Kier molecular flexibility index (Phi) is 5.07. The number of hydrogen-bond acceptors (Lipinski definition) is 6. The number of aromatic nitrogens is 2. The van der Waals surface area contributed by atoms with Gasteiger partial charge in [-0.3, -0.25) is 9.59 Å². The van der Waals surface area contributed by atoms with E-state index in [1.54, 1.807) is 45.0 Å². The molecule has 8 heteroatoms. The van der Waals surface area contributed by atoms with Crippen LogP contribution in [0.2, 0.25) is 0 Å². The Hall–Kier alpha value is -3.42. The van der Waals surface area contributed by atoms with Crippen LogP contribution < -0.4 is 10.9 Å². The number of fused-ring (bicyclic) bond motifs is 1. The van der Waals surface area contributed by atoms with E-state index in [4.69, 9.17) is 9.26 Å². The Morgan fingerprint density at radius 2 is 2.04 bits per heavy atom. The lowest BCUT2D eigenvalue weighted by molar-refractivity contribution is -0.118. The van der Waals surface area contributed by atoms with Crippen LogP contribution in [0.15, 0.2) is 45.7 Å². The molecule has 2 aromatic heterocycles. The highest BCUT2D eigenvalue weighted by Gasteiger charge is 2.13. The van der Waals surface area contributed by atoms with E-state index in [0.717, 1.165) is 4.57 Å². The third-order valence-corrected chi connectivity index (χ3v) is 3.77. The van der Waals surface area contributed by atoms with Crippen LogP contribution in [0.4, 0.5) is 5.69 Å². The standard InChI is InChI=1S/C19H19N3O5/c1-11(2)18(24)21-14-6-4-5-13(8-14)19(25)26-10-15-9-17(23)22-16(20-15)7-12(3)27-22/h4-9,11H,10H2,1-3H3,(H,21,24). The highest BCUT2D eigenvalue weighted by Crippen LogP contribution is 2.14. The van der Waals surface area contributed by atoms with E-state index in [1.807, 2.05) is 0 Å². The number of esters is 1. The summed E-state index contributed by atoms with van der Waals surface area (Å²) >= 11 is 0. The van der Waals surface area contributed by atoms with E-state index in [-0.39, 0.29) is 24.0 Å². The molecule has 0 spiro atoms. The molecule has 0 aliphatic carbocycles. The molecule has 0 aliphatic rings. The van der Waals surface area contributed by atoms with E-state index in [0.29, 0.717) is 22.8 Å². The van der Waals surface area contributed by atoms with Gasteiger partial charge in [-0.2, -0.15) is 0 Å². The van der Waals surface area contributed by atoms with E-state index in [9.17, 15) is 14.4 Å². The minimum Gasteiger partial charge on any atom is -0.456 e. The molecule has 1 aromatic carbocycles. The number of nitrogens with zero attached hydrogens (tertiary/aromatic N) is 2. The summed E-state index contributed by atoms with van der Waals surface area (Å²) in [6.07, 6.45) is 0. The lowest BCUT2D eigenvalue weighted by atomic mass is 10.1. The first-order valence-corrected chi connectivity index (χ1v) is 8.41. The minimum absolute atomic E-state index is 0.145. The molecule has 1 N–H and O–H groups in total. The molecule has 8 nitrogen and oxygen atoms in total. The highest BCUT2D eigenvalue weighted by molar-refractivity contribution is 5.95. The van der Waals surface area contributed by atoms with Crippen molar-refractivity contribution in [2.24, 2.45) is 5.92 Å². The van der Waals surface area contributed by atoms with Crippen molar-refractivity contribution >= 4 is 23.2 Å². The van der Waals surface area contributed by atoms with E-state index < -0.39 is 11.5 Å². The number of nitrogens with one attached hydrogen (secondary N) is 1. The van der Waals surface area contributed by atoms with Crippen molar-refractivity contribution < 1.29 is 18.8 Å². The van der Waals surface area contributed by atoms with Crippen LogP contribution in [0.25, 0.3) is 5.65 Å². The number of carbonyl (C=O) groups is 2. The quantitative estimate of drug-likeness (QED) is 0.693. The lowest BCUT2D eigenvalue weighted by Crippen LogP contribution is -2.18. The zero-order valence-corrected chi connectivity index (χ0v) is 15.2. The number of ether oxygens (including phenoxy) is 1. The molecule has 0 saturated heterocycles. The van der Waals surface area contributed by atoms with Gasteiger partial charge in [-0.15, -0.1) is 4.57 Å². The van der Waals surface area contributed by atoms with Crippen LogP contribution in [0.5, 0.6) is 0 Å². The molecule has 0 aliphatic heterocycles. The predicted octanol–water partition coefficient (Wildman–Crippen LogP) is 2.55. The van der Waals surface area contributed by atoms with Gasteiger partial charge < -0.3 is 14.6 Å². The molecule has 0 atom stereocenters. The van der Waals surface area contributed by atoms with Crippen molar-refractivity contribution in [1.82, 2.24) is 9.56 Å². The van der Waals surface area contributed by atoms with Crippen LogP contribution in [-0.4, -0.2) is 21.4 Å². The fourth-order valence-electron chi connectivity index (χ4n) is 2.38. The van der Waals surface area contributed by atoms with E-state index >= 15 is 0 Å². The van der Waals surface area contributed by atoms with Gasteiger partial charge in [0.05, 0.1) is 11.3 Å². The fraction of sp³-hybridized carbons (Fsp3) is 0.263. The number of hydrogen-bond donors (Lipinski definition) is 1. The lowest BCUT2D eigenvalue weighted by Gasteiger charge is -2.09. The zero-order valence-electron chi connectivity index (χ0n) is 15.2. The van der Waals surface area contributed by atoms with Crippen LogP contribution in [0.1, 0.15) is 35.7 Å². The molecule has 0 unspecified atom stereocenters. The average molecular weight is 369 g/mol. The van der Waals surface area contributed by atoms with Crippen LogP contribution >= 0.6 is 0 Å². The van der Waals surface area contributed by atoms with Gasteiger partial charge in [0.25, 0.3) is 5.56 Å². The topological polar surface area (TPSA) is 103 Å². The Morgan fingerprint density at radius 1 is 1.26 bits per heavy atom. The molecule has 0 bridgehead atoms. The molecule has 1 amide bonds. The third kappa shape index (κ3) is 4.22. The van der Waals surface area contributed by atoms with Crippen molar-refractivity contribution in [3.05, 3.63) is 63.8 Å². The predicted molar refractivity (Wildman–Crippen MR) is 97.5 cm³/mol. The maximum absolute atomic E-state index is 12.3. The van der Waals surface area contributed by atoms with Crippen molar-refractivity contribution in [2.75, 3.05) is 5.32 Å². The van der Waals surface area contributed by atoms with Gasteiger partial charge in [-0.1, -0.05) is 19.9 Å². The Bertz CT molecular complexity index is 1060. The Morgan fingerprint density at radius 3 is 2.78 bits per heavy atom. The van der Waals surface area contributed by atoms with Crippen molar-refractivity contribution in [3.63, 3.8) is 0 Å². The average Bonchev–Trinajstić information content (AvgIpc) is 3.00. The second-order valence-electron chi connectivity index (χ2n) is 6.39. The molecule has 140 valence electrons. The Balaban J connectivity index is 1.71. The number of rotatable bonds is 5. The Labute approximate surface area is 154 Å². The molecular weight excluding hydrogens is 350 g/mol. The van der Waals surface area contributed by atoms with Gasteiger partial charge in [-0.25, -0.2) is 9.78 Å². The molecule has 2 heterocycles. The third-order valence-electron chi connectivity index (χ3n) is 3.77. The first-order chi connectivity index (χ1) is 12.8. The summed E-state index contributed by atoms with van der Waals surface area (Å²) < 4.78 is 11.5. The molecule has 27 heavy (non-hydrogen) atoms. The van der Waals surface area contributed by atoms with Gasteiger partial charge >= 0.3 is 5.97 Å². The second-order valence-corrected chi connectivity index (χ2v) is 6.39. The van der Waals surface area contributed by atoms with Gasteiger partial charge in [0.15, 0.2) is 5.65 Å². The maximum atomic E-state index is 12.3. The summed E-state index contributed by atoms with van der Waals surface area (Å²) in [7, 11) is 0. The van der Waals surface area contributed by atoms with Crippen molar-refractivity contribution in [2.45, 2.75) is 27.4 Å². The largest absolute Gasteiger partial charge is 0.456 e. The summed E-state index contributed by atoms with van der Waals surface area (Å²) in [5, 5.41) is 2.73. The van der Waals surface area contributed by atoms with Crippen molar-refractivity contribution in [1.29, 1.82) is 0 Å². The molecule has 0 saturated carbocycles. The summed E-state index contributed by atoms with van der Waals surface area (Å²) in [6, 6.07) is 9.33. The normalized spacial score (nSPS) is 11.0. The first kappa shape index (κ1) is 18.4. The fourth-order valence-corrected chi connectivity index (χ4v) is 2.38. The van der Waals surface area contributed by atoms with Gasteiger partial charge in [-0.05, 0) is 25.1 Å². The molecule has 0 radical (unpaired) electrons. The van der Waals surface area contributed by atoms with Crippen molar-refractivity contribution in [3.8, 4) is 0 Å². The minimum atomic E-state index is -0.582. The summed E-state index contributed by atoms with van der Waals surface area (Å²) in [4.78, 5) is 40.3. The molecular formula is C19H19N3O5. The molecule has 3 rings (SSSR count). The highest BCUT2D eigenvalue weighted by atomic mass is 16.5. The van der Waals surface area contributed by atoms with E-state index in [1.165, 1.54) is 12.1 Å². The number of benzene rings is 1. The smallest absolute Gasteiger partial charge is 0.338 e. The van der Waals surface area contributed by atoms with Crippen LogP contribution in [0, 0.1) is 12.8 Å². The second kappa shape index (κ2) is 7.45. The molecule has 3 aromatic rings. The van der Waals surface area contributed by atoms with Crippen LogP contribution in [-0.2, 0) is 16.1 Å². The van der Waals surface area contributed by atoms with Gasteiger partial charge in [0.2, 0.25) is 5.91 Å². The number of carbonyl (C=O) groups excluding carboxylic acids is 2. The number of anilines is 1. The van der Waals surface area contributed by atoms with Crippen LogP contribution in [0.3, 0.4) is 0 Å². The maximum Gasteiger partial charge on any atom is 0.338 e. The number of amides is 1. The summed E-state index contributed by atoms with van der Waals surface area (Å²) in [6.45, 7) is 5.11. The first-order valence-electron chi connectivity index (χ1n) is 8.41. The monoisotopic (exact) mass is 369 g/mol.